The van der Waals surface area contributed by atoms with E-state index >= 15 is 0 Å². The van der Waals surface area contributed by atoms with Crippen LogP contribution < -0.4 is 0 Å². The maximum Gasteiger partial charge on any atom is 0.306 e. The number of unbranched alkanes of at least 4 members (excludes halogenated alkanes) is 14. The minimum Gasteiger partial charge on any atom is -0.481 e. The van der Waals surface area contributed by atoms with Crippen LogP contribution in [0, 0.1) is 0 Å². The molecular weight excluding hydrogens is 556 g/mol. The Morgan fingerprint density at radius 1 is 0.511 bits per heavy atom. The molecule has 0 aliphatic heterocycles. The minimum atomic E-state index is -0.717. The molecule has 0 heterocycles. The molecule has 4 heteroatoms. The fourth-order valence-electron chi connectivity index (χ4n) is 5.27. The number of hydrogen-bond donors (Lipinski definition) is 1. The molecule has 1 atom stereocenters. The lowest BCUT2D eigenvalue weighted by Crippen LogP contribution is -2.18. The molecule has 0 bridgehead atoms. The van der Waals surface area contributed by atoms with Gasteiger partial charge in [-0.05, 0) is 83.5 Å². The topological polar surface area (TPSA) is 63.6 Å². The van der Waals surface area contributed by atoms with Gasteiger partial charge in [-0.2, -0.15) is 0 Å². The van der Waals surface area contributed by atoms with Gasteiger partial charge >= 0.3 is 11.9 Å². The summed E-state index contributed by atoms with van der Waals surface area (Å²) in [7, 11) is 0. The van der Waals surface area contributed by atoms with Crippen molar-refractivity contribution < 1.29 is 19.4 Å². The molecule has 0 saturated heterocycles. The maximum atomic E-state index is 12.6. The predicted octanol–water partition coefficient (Wildman–Crippen LogP) is 12.9. The number of carboxylic acids is 1. The van der Waals surface area contributed by atoms with Gasteiger partial charge in [-0.15, -0.1) is 0 Å². The van der Waals surface area contributed by atoms with Crippen LogP contribution in [-0.2, 0) is 14.3 Å². The number of carbonyl (C=O) groups excluding carboxylic acids is 1. The zero-order chi connectivity index (χ0) is 32.9. The summed E-state index contributed by atoms with van der Waals surface area (Å²) in [5.74, 6) is -0.751. The first-order valence-corrected chi connectivity index (χ1v) is 18.8. The number of carbonyl (C=O) groups is 2. The van der Waals surface area contributed by atoms with Gasteiger partial charge in [0.2, 0.25) is 0 Å². The van der Waals surface area contributed by atoms with E-state index in [0.717, 1.165) is 96.3 Å². The lowest BCUT2D eigenvalue weighted by atomic mass is 10.0. The number of carboxylic acid groups (broad SMARTS) is 1. The number of esters is 1. The van der Waals surface area contributed by atoms with Crippen LogP contribution in [0.15, 0.2) is 60.8 Å². The maximum absolute atomic E-state index is 12.6. The molecule has 0 radical (unpaired) electrons. The van der Waals surface area contributed by atoms with Crippen LogP contribution in [0.2, 0.25) is 0 Å². The quantitative estimate of drug-likeness (QED) is 0.0447. The van der Waals surface area contributed by atoms with Crippen molar-refractivity contribution in [1.29, 1.82) is 0 Å². The summed E-state index contributed by atoms with van der Waals surface area (Å²) >= 11 is 0. The van der Waals surface area contributed by atoms with Crippen molar-refractivity contribution in [2.75, 3.05) is 0 Å². The summed E-state index contributed by atoms with van der Waals surface area (Å²) in [4.78, 5) is 23.3. The first kappa shape index (κ1) is 42.6. The average Bonchev–Trinajstić information content (AvgIpc) is 3.02. The molecule has 0 rings (SSSR count). The van der Waals surface area contributed by atoms with Crippen LogP contribution in [0.25, 0.3) is 0 Å². The van der Waals surface area contributed by atoms with Gasteiger partial charge in [-0.25, -0.2) is 0 Å². The van der Waals surface area contributed by atoms with Gasteiger partial charge in [0.1, 0.15) is 6.10 Å². The van der Waals surface area contributed by atoms with Gasteiger partial charge in [0.05, 0.1) is 0 Å². The Balaban J connectivity index is 3.93. The zero-order valence-electron chi connectivity index (χ0n) is 29.4. The number of aliphatic carboxylic acids is 1. The largest absolute Gasteiger partial charge is 0.481 e. The van der Waals surface area contributed by atoms with Crippen molar-refractivity contribution >= 4 is 11.9 Å². The van der Waals surface area contributed by atoms with E-state index in [2.05, 4.69) is 74.6 Å². The van der Waals surface area contributed by atoms with Crippen molar-refractivity contribution in [3.05, 3.63) is 60.8 Å². The Labute approximate surface area is 278 Å². The number of rotatable bonds is 33. The van der Waals surface area contributed by atoms with E-state index in [1.54, 1.807) is 0 Å². The van der Waals surface area contributed by atoms with Gasteiger partial charge in [0.15, 0.2) is 0 Å². The SMILES string of the molecule is CC/C=C\C/C=C\C/C=C\C/C=C\C/C=C\CCCCCCCC(=O)OC(CCCCCCCCC)CCCCCCC(=O)O. The smallest absolute Gasteiger partial charge is 0.306 e. The van der Waals surface area contributed by atoms with Crippen LogP contribution in [0.1, 0.15) is 181 Å². The van der Waals surface area contributed by atoms with Crippen LogP contribution in [0.4, 0.5) is 0 Å². The third-order valence-electron chi connectivity index (χ3n) is 8.00. The molecular formula is C41H70O4. The molecule has 258 valence electrons. The van der Waals surface area contributed by atoms with Gasteiger partial charge in [-0.3, -0.25) is 9.59 Å². The normalized spacial score (nSPS) is 12.9. The lowest BCUT2D eigenvalue weighted by Gasteiger charge is -2.18. The fraction of sp³-hybridized carbons (Fsp3) is 0.707. The van der Waals surface area contributed by atoms with Gasteiger partial charge in [0.25, 0.3) is 0 Å². The fourth-order valence-corrected chi connectivity index (χ4v) is 5.27. The first-order valence-electron chi connectivity index (χ1n) is 18.8. The summed E-state index contributed by atoms with van der Waals surface area (Å²) in [6.07, 6.45) is 49.5. The predicted molar refractivity (Wildman–Crippen MR) is 195 cm³/mol. The average molecular weight is 627 g/mol. The third kappa shape index (κ3) is 36.0. The van der Waals surface area contributed by atoms with Crippen molar-refractivity contribution in [2.45, 2.75) is 187 Å². The summed E-state index contributed by atoms with van der Waals surface area (Å²) < 4.78 is 5.93. The highest BCUT2D eigenvalue weighted by molar-refractivity contribution is 5.69. The van der Waals surface area contributed by atoms with Gasteiger partial charge in [0, 0.05) is 12.8 Å². The van der Waals surface area contributed by atoms with Crippen LogP contribution >= 0.6 is 0 Å². The summed E-state index contributed by atoms with van der Waals surface area (Å²) in [6.45, 7) is 4.41. The molecule has 0 aliphatic rings. The molecule has 0 aromatic carbocycles. The highest BCUT2D eigenvalue weighted by atomic mass is 16.5. The summed E-state index contributed by atoms with van der Waals surface area (Å²) in [6, 6.07) is 0. The lowest BCUT2D eigenvalue weighted by molar-refractivity contribution is -0.150. The molecule has 1 unspecified atom stereocenters. The van der Waals surface area contributed by atoms with Crippen LogP contribution in [0.5, 0.6) is 0 Å². The monoisotopic (exact) mass is 627 g/mol. The molecule has 0 aromatic rings. The highest BCUT2D eigenvalue weighted by Crippen LogP contribution is 2.18. The number of ether oxygens (including phenoxy) is 1. The molecule has 0 aromatic heterocycles. The highest BCUT2D eigenvalue weighted by Gasteiger charge is 2.14. The Morgan fingerprint density at radius 2 is 0.933 bits per heavy atom. The van der Waals surface area contributed by atoms with Crippen molar-refractivity contribution in [3.63, 3.8) is 0 Å². The Bertz CT molecular complexity index is 804. The minimum absolute atomic E-state index is 0.0242. The summed E-state index contributed by atoms with van der Waals surface area (Å²) in [5, 5.41) is 8.81. The second-order valence-electron chi connectivity index (χ2n) is 12.4. The van der Waals surface area contributed by atoms with Crippen molar-refractivity contribution in [1.82, 2.24) is 0 Å². The van der Waals surface area contributed by atoms with E-state index in [1.165, 1.54) is 57.8 Å². The standard InChI is InChI=1S/C41H70O4/c1-3-5-7-9-11-12-13-14-15-16-17-18-19-20-21-22-23-24-26-28-34-38-41(44)45-39(35-31-27-25-10-8-6-4-2)36-32-29-30-33-37-40(42)43/h5,7,11-12,14-15,17-18,20-21,39H,3-4,6,8-10,13,16,19,22-38H2,1-2H3,(H,42,43)/b7-5-,12-11-,15-14-,18-17-,21-20-. The van der Waals surface area contributed by atoms with E-state index < -0.39 is 5.97 Å². The Morgan fingerprint density at radius 3 is 1.44 bits per heavy atom. The molecule has 0 fully saturated rings. The van der Waals surface area contributed by atoms with E-state index in [0.29, 0.717) is 6.42 Å². The molecule has 0 aliphatic carbocycles. The van der Waals surface area contributed by atoms with Crippen molar-refractivity contribution in [3.8, 4) is 0 Å². The van der Waals surface area contributed by atoms with Gasteiger partial charge < -0.3 is 9.84 Å². The molecule has 1 N–H and O–H groups in total. The number of allylic oxidation sites excluding steroid dienone is 10. The van der Waals surface area contributed by atoms with E-state index in [4.69, 9.17) is 9.84 Å². The van der Waals surface area contributed by atoms with Gasteiger partial charge in [-0.1, -0.05) is 145 Å². The van der Waals surface area contributed by atoms with E-state index in [-0.39, 0.29) is 18.5 Å². The van der Waals surface area contributed by atoms with E-state index in [1.807, 2.05) is 0 Å². The third-order valence-corrected chi connectivity index (χ3v) is 8.00. The Kier molecular flexibility index (Phi) is 34.2. The molecule has 45 heavy (non-hydrogen) atoms. The first-order chi connectivity index (χ1) is 22.1. The summed E-state index contributed by atoms with van der Waals surface area (Å²) in [5.41, 5.74) is 0. The Hall–Kier alpha value is -2.36. The molecule has 0 amide bonds. The van der Waals surface area contributed by atoms with Crippen molar-refractivity contribution in [2.24, 2.45) is 0 Å². The molecule has 4 nitrogen and oxygen atoms in total. The van der Waals surface area contributed by atoms with Crippen LogP contribution in [-0.4, -0.2) is 23.1 Å². The molecule has 0 saturated carbocycles. The second kappa shape index (κ2) is 36.1. The van der Waals surface area contributed by atoms with Crippen LogP contribution in [0.3, 0.4) is 0 Å². The number of hydrogen-bond acceptors (Lipinski definition) is 3. The molecule has 0 spiro atoms. The zero-order valence-corrected chi connectivity index (χ0v) is 29.4. The second-order valence-corrected chi connectivity index (χ2v) is 12.4. The van der Waals surface area contributed by atoms with E-state index in [9.17, 15) is 9.59 Å².